The van der Waals surface area contributed by atoms with Gasteiger partial charge >= 0.3 is 12.0 Å². The van der Waals surface area contributed by atoms with E-state index < -0.39 is 6.04 Å². The van der Waals surface area contributed by atoms with Gasteiger partial charge in [-0.1, -0.05) is 13.8 Å². The summed E-state index contributed by atoms with van der Waals surface area (Å²) in [5, 5.41) is 8.25. The SMILES string of the molecule is CC(C)c1nc(CNC(=O)N[C@H]2CCOC2=O)cs1. The maximum absolute atomic E-state index is 11.6. The molecule has 2 rings (SSSR count). The van der Waals surface area contributed by atoms with Gasteiger partial charge in [0.2, 0.25) is 0 Å². The Morgan fingerprint density at radius 2 is 2.42 bits per heavy atom. The van der Waals surface area contributed by atoms with Crippen LogP contribution in [0.3, 0.4) is 0 Å². The van der Waals surface area contributed by atoms with E-state index in [-0.39, 0.29) is 12.0 Å². The first-order valence-electron chi connectivity index (χ1n) is 6.21. The fourth-order valence-corrected chi connectivity index (χ4v) is 2.51. The van der Waals surface area contributed by atoms with Crippen LogP contribution in [0.4, 0.5) is 4.79 Å². The van der Waals surface area contributed by atoms with Crippen molar-refractivity contribution in [3.05, 3.63) is 16.1 Å². The number of carbonyl (C=O) groups excluding carboxylic acids is 2. The monoisotopic (exact) mass is 283 g/mol. The van der Waals surface area contributed by atoms with E-state index in [1.807, 2.05) is 5.38 Å². The molecule has 0 unspecified atom stereocenters. The van der Waals surface area contributed by atoms with Crippen LogP contribution in [0.25, 0.3) is 0 Å². The summed E-state index contributed by atoms with van der Waals surface area (Å²) in [5.41, 5.74) is 0.831. The molecule has 19 heavy (non-hydrogen) atoms. The lowest BCUT2D eigenvalue weighted by Gasteiger charge is -2.09. The standard InChI is InChI=1S/C12H17N3O3S/c1-7(2)10-14-8(6-19-10)5-13-12(17)15-9-3-4-18-11(9)16/h6-7,9H,3-5H2,1-2H3,(H2,13,15,17)/t9-/m0/s1. The van der Waals surface area contributed by atoms with Crippen LogP contribution in [-0.4, -0.2) is 29.6 Å². The van der Waals surface area contributed by atoms with E-state index in [1.165, 1.54) is 0 Å². The Kier molecular flexibility index (Phi) is 4.36. The number of amides is 2. The zero-order valence-corrected chi connectivity index (χ0v) is 11.8. The van der Waals surface area contributed by atoms with Crippen LogP contribution >= 0.6 is 11.3 Å². The van der Waals surface area contributed by atoms with E-state index in [0.29, 0.717) is 25.5 Å². The molecule has 1 saturated heterocycles. The molecule has 1 aliphatic heterocycles. The molecule has 0 aliphatic carbocycles. The number of urea groups is 1. The number of esters is 1. The number of aromatic nitrogens is 1. The molecule has 0 saturated carbocycles. The minimum Gasteiger partial charge on any atom is -0.464 e. The second kappa shape index (κ2) is 6.01. The maximum Gasteiger partial charge on any atom is 0.328 e. The van der Waals surface area contributed by atoms with Crippen LogP contribution in [-0.2, 0) is 16.1 Å². The fourth-order valence-electron chi connectivity index (χ4n) is 1.68. The van der Waals surface area contributed by atoms with Gasteiger partial charge in [-0.15, -0.1) is 11.3 Å². The lowest BCUT2D eigenvalue weighted by molar-refractivity contribution is -0.139. The third-order valence-corrected chi connectivity index (χ3v) is 3.93. The summed E-state index contributed by atoms with van der Waals surface area (Å²) < 4.78 is 4.77. The van der Waals surface area contributed by atoms with Crippen molar-refractivity contribution in [2.45, 2.75) is 38.8 Å². The summed E-state index contributed by atoms with van der Waals surface area (Å²) in [6, 6.07) is -0.899. The molecule has 1 aliphatic rings. The highest BCUT2D eigenvalue weighted by Crippen LogP contribution is 2.18. The molecule has 0 radical (unpaired) electrons. The van der Waals surface area contributed by atoms with Crippen LogP contribution < -0.4 is 10.6 Å². The van der Waals surface area contributed by atoms with Crippen molar-refractivity contribution in [1.82, 2.24) is 15.6 Å². The average Bonchev–Trinajstić information content (AvgIpc) is 2.97. The van der Waals surface area contributed by atoms with Crippen LogP contribution in [0.1, 0.15) is 36.9 Å². The van der Waals surface area contributed by atoms with E-state index in [2.05, 4.69) is 29.5 Å². The van der Waals surface area contributed by atoms with Crippen molar-refractivity contribution < 1.29 is 14.3 Å². The Labute approximate surface area is 115 Å². The van der Waals surface area contributed by atoms with Crippen LogP contribution in [0.15, 0.2) is 5.38 Å². The Hall–Kier alpha value is -1.63. The molecule has 2 heterocycles. The van der Waals surface area contributed by atoms with Crippen molar-refractivity contribution in [3.8, 4) is 0 Å². The zero-order chi connectivity index (χ0) is 13.8. The molecule has 2 N–H and O–H groups in total. The highest BCUT2D eigenvalue weighted by atomic mass is 32.1. The van der Waals surface area contributed by atoms with Crippen LogP contribution in [0.5, 0.6) is 0 Å². The Morgan fingerprint density at radius 3 is 3.00 bits per heavy atom. The van der Waals surface area contributed by atoms with Gasteiger partial charge in [-0.2, -0.15) is 0 Å². The molecule has 0 aromatic carbocycles. The minimum absolute atomic E-state index is 0.358. The Morgan fingerprint density at radius 1 is 1.63 bits per heavy atom. The van der Waals surface area contributed by atoms with Crippen molar-refractivity contribution in [3.63, 3.8) is 0 Å². The molecule has 1 atom stereocenters. The van der Waals surface area contributed by atoms with E-state index in [0.717, 1.165) is 10.7 Å². The first-order chi connectivity index (χ1) is 9.06. The number of rotatable bonds is 4. The first kappa shape index (κ1) is 13.8. The molecule has 7 heteroatoms. The molecular weight excluding hydrogens is 266 g/mol. The Bertz CT molecular complexity index is 473. The molecule has 0 spiro atoms. The summed E-state index contributed by atoms with van der Waals surface area (Å²) in [4.78, 5) is 27.2. The molecule has 6 nitrogen and oxygen atoms in total. The summed E-state index contributed by atoms with van der Waals surface area (Å²) in [6.45, 7) is 4.88. The van der Waals surface area contributed by atoms with E-state index in [1.54, 1.807) is 11.3 Å². The number of carbonyl (C=O) groups is 2. The minimum atomic E-state index is -0.526. The normalized spacial score (nSPS) is 18.5. The predicted octanol–water partition coefficient (Wildman–Crippen LogP) is 1.38. The quantitative estimate of drug-likeness (QED) is 0.818. The third-order valence-electron chi connectivity index (χ3n) is 2.73. The smallest absolute Gasteiger partial charge is 0.328 e. The number of cyclic esters (lactones) is 1. The zero-order valence-electron chi connectivity index (χ0n) is 10.9. The second-order valence-corrected chi connectivity index (χ2v) is 5.56. The molecule has 0 bridgehead atoms. The average molecular weight is 283 g/mol. The summed E-state index contributed by atoms with van der Waals surface area (Å²) in [6.07, 6.45) is 0.528. The Balaban J connectivity index is 1.78. The fraction of sp³-hybridized carbons (Fsp3) is 0.583. The van der Waals surface area contributed by atoms with Crippen molar-refractivity contribution >= 4 is 23.3 Å². The van der Waals surface area contributed by atoms with Gasteiger partial charge in [0, 0.05) is 17.7 Å². The number of thiazole rings is 1. The second-order valence-electron chi connectivity index (χ2n) is 4.67. The van der Waals surface area contributed by atoms with E-state index in [4.69, 9.17) is 4.74 Å². The largest absolute Gasteiger partial charge is 0.464 e. The van der Waals surface area contributed by atoms with Crippen LogP contribution in [0, 0.1) is 0 Å². The number of ether oxygens (including phenoxy) is 1. The van der Waals surface area contributed by atoms with Crippen molar-refractivity contribution in [2.24, 2.45) is 0 Å². The van der Waals surface area contributed by atoms with Gasteiger partial charge in [0.15, 0.2) is 0 Å². The van der Waals surface area contributed by atoms with Gasteiger partial charge in [-0.05, 0) is 0 Å². The lowest BCUT2D eigenvalue weighted by atomic mass is 10.2. The highest BCUT2D eigenvalue weighted by Gasteiger charge is 2.27. The van der Waals surface area contributed by atoms with Crippen LogP contribution in [0.2, 0.25) is 0 Å². The molecule has 1 fully saturated rings. The topological polar surface area (TPSA) is 80.3 Å². The lowest BCUT2D eigenvalue weighted by Crippen LogP contribution is -2.43. The summed E-state index contributed by atoms with van der Waals surface area (Å²) in [5.74, 6) is 0.0201. The summed E-state index contributed by atoms with van der Waals surface area (Å²) >= 11 is 1.59. The van der Waals surface area contributed by atoms with E-state index >= 15 is 0 Å². The van der Waals surface area contributed by atoms with E-state index in [9.17, 15) is 9.59 Å². The van der Waals surface area contributed by atoms with Gasteiger partial charge in [-0.25, -0.2) is 14.6 Å². The first-order valence-corrected chi connectivity index (χ1v) is 7.09. The molecule has 104 valence electrons. The molecule has 1 aromatic rings. The number of hydrogen-bond donors (Lipinski definition) is 2. The third kappa shape index (κ3) is 3.66. The van der Waals surface area contributed by atoms with Gasteiger partial charge in [0.05, 0.1) is 23.9 Å². The highest BCUT2D eigenvalue weighted by molar-refractivity contribution is 7.09. The molecule has 1 aromatic heterocycles. The van der Waals surface area contributed by atoms with Gasteiger partial charge < -0.3 is 15.4 Å². The number of nitrogens with zero attached hydrogens (tertiary/aromatic N) is 1. The molecular formula is C12H17N3O3S. The van der Waals surface area contributed by atoms with Gasteiger partial charge in [0.1, 0.15) is 6.04 Å². The predicted molar refractivity (Wildman–Crippen MR) is 70.9 cm³/mol. The maximum atomic E-state index is 11.6. The summed E-state index contributed by atoms with van der Waals surface area (Å²) in [7, 11) is 0. The van der Waals surface area contributed by atoms with Gasteiger partial charge in [-0.3, -0.25) is 0 Å². The van der Waals surface area contributed by atoms with Crippen molar-refractivity contribution in [1.29, 1.82) is 0 Å². The number of hydrogen-bond acceptors (Lipinski definition) is 5. The molecule has 2 amide bonds. The number of nitrogens with one attached hydrogen (secondary N) is 2. The van der Waals surface area contributed by atoms with Gasteiger partial charge in [0.25, 0.3) is 0 Å². The van der Waals surface area contributed by atoms with Crippen molar-refractivity contribution in [2.75, 3.05) is 6.61 Å².